The van der Waals surface area contributed by atoms with E-state index in [9.17, 15) is 4.79 Å². The summed E-state index contributed by atoms with van der Waals surface area (Å²) in [6, 6.07) is 18.8. The van der Waals surface area contributed by atoms with Gasteiger partial charge in [-0.05, 0) is 37.4 Å². The molecular weight excluding hydrogens is 322 g/mol. The van der Waals surface area contributed by atoms with Gasteiger partial charge in [0.15, 0.2) is 0 Å². The molecule has 1 atom stereocenters. The van der Waals surface area contributed by atoms with Gasteiger partial charge in [-0.15, -0.1) is 0 Å². The van der Waals surface area contributed by atoms with Crippen molar-refractivity contribution in [3.63, 3.8) is 0 Å². The van der Waals surface area contributed by atoms with E-state index in [2.05, 4.69) is 45.5 Å². The number of carbonyl (C=O) groups excluding carboxylic acids is 1. The number of amides is 1. The number of likely N-dealkylation sites (tertiary alicyclic amines) is 1. The number of H-pyrrole nitrogens is 1. The highest BCUT2D eigenvalue weighted by atomic mass is 16.1. The fourth-order valence-corrected chi connectivity index (χ4v) is 3.83. The number of para-hydroxylation sites is 1. The minimum absolute atomic E-state index is 0.0253. The first-order chi connectivity index (χ1) is 12.8. The number of rotatable bonds is 5. The van der Waals surface area contributed by atoms with Crippen LogP contribution in [0.15, 0.2) is 60.8 Å². The average molecular weight is 347 g/mol. The van der Waals surface area contributed by atoms with Gasteiger partial charge in [0.2, 0.25) is 0 Å². The third kappa shape index (κ3) is 3.81. The van der Waals surface area contributed by atoms with Crippen LogP contribution in [0, 0.1) is 0 Å². The number of nitrogens with one attached hydrogen (secondary N) is 2. The Labute approximate surface area is 154 Å². The van der Waals surface area contributed by atoms with Crippen molar-refractivity contribution in [1.82, 2.24) is 15.2 Å². The molecule has 2 heterocycles. The standard InChI is InChI=1S/C22H25N3O/c26-22(20-15-23-21-11-5-4-10-19(20)21)24-18-9-6-13-25(16-18)14-12-17-7-2-1-3-8-17/h1-5,7-8,10-11,15,18,23H,6,9,12-14,16H2,(H,24,26)/t18-/m1/s1. The van der Waals surface area contributed by atoms with Crippen LogP contribution in [0.1, 0.15) is 28.8 Å². The van der Waals surface area contributed by atoms with Crippen LogP contribution in [0.25, 0.3) is 10.9 Å². The van der Waals surface area contributed by atoms with E-state index in [0.29, 0.717) is 0 Å². The van der Waals surface area contributed by atoms with Gasteiger partial charge in [-0.2, -0.15) is 0 Å². The molecule has 4 heteroatoms. The molecule has 4 nitrogen and oxygen atoms in total. The molecular formula is C22H25N3O. The van der Waals surface area contributed by atoms with Gasteiger partial charge in [-0.25, -0.2) is 0 Å². The monoisotopic (exact) mass is 347 g/mol. The minimum Gasteiger partial charge on any atom is -0.360 e. The number of piperidine rings is 1. The van der Waals surface area contributed by atoms with E-state index >= 15 is 0 Å². The molecule has 4 rings (SSSR count). The molecule has 0 unspecified atom stereocenters. The molecule has 0 saturated carbocycles. The summed E-state index contributed by atoms with van der Waals surface area (Å²) in [5.74, 6) is 0.0253. The van der Waals surface area contributed by atoms with Crippen molar-refractivity contribution < 1.29 is 4.79 Å². The Morgan fingerprint density at radius 1 is 1.12 bits per heavy atom. The van der Waals surface area contributed by atoms with Gasteiger partial charge in [0.1, 0.15) is 0 Å². The maximum absolute atomic E-state index is 12.7. The van der Waals surface area contributed by atoms with Crippen molar-refractivity contribution in [1.29, 1.82) is 0 Å². The molecule has 2 N–H and O–H groups in total. The lowest BCUT2D eigenvalue weighted by Crippen LogP contribution is -2.48. The largest absolute Gasteiger partial charge is 0.360 e. The van der Waals surface area contributed by atoms with Crippen LogP contribution in [0.5, 0.6) is 0 Å². The van der Waals surface area contributed by atoms with E-state index < -0.39 is 0 Å². The van der Waals surface area contributed by atoms with Gasteiger partial charge in [0.25, 0.3) is 5.91 Å². The van der Waals surface area contributed by atoms with E-state index in [0.717, 1.165) is 55.4 Å². The van der Waals surface area contributed by atoms with Gasteiger partial charge in [0, 0.05) is 36.2 Å². The Hall–Kier alpha value is -2.59. The number of fused-ring (bicyclic) bond motifs is 1. The molecule has 0 bridgehead atoms. The fraction of sp³-hybridized carbons (Fsp3) is 0.318. The number of hydrogen-bond acceptors (Lipinski definition) is 2. The molecule has 1 saturated heterocycles. The molecule has 3 aromatic rings. The van der Waals surface area contributed by atoms with Crippen molar-refractivity contribution in [2.24, 2.45) is 0 Å². The maximum atomic E-state index is 12.7. The Bertz CT molecular complexity index is 871. The number of aromatic amines is 1. The molecule has 26 heavy (non-hydrogen) atoms. The smallest absolute Gasteiger partial charge is 0.253 e. The van der Waals surface area contributed by atoms with E-state index in [4.69, 9.17) is 0 Å². The van der Waals surface area contributed by atoms with E-state index in [-0.39, 0.29) is 11.9 Å². The lowest BCUT2D eigenvalue weighted by atomic mass is 10.0. The topological polar surface area (TPSA) is 48.1 Å². The first kappa shape index (κ1) is 16.9. The number of benzene rings is 2. The third-order valence-electron chi connectivity index (χ3n) is 5.23. The first-order valence-electron chi connectivity index (χ1n) is 9.43. The normalized spacial score (nSPS) is 18.1. The first-order valence-corrected chi connectivity index (χ1v) is 9.43. The zero-order chi connectivity index (χ0) is 17.8. The van der Waals surface area contributed by atoms with Crippen molar-refractivity contribution in [3.05, 3.63) is 71.9 Å². The zero-order valence-corrected chi connectivity index (χ0v) is 14.9. The average Bonchev–Trinajstić information content (AvgIpc) is 3.12. The van der Waals surface area contributed by atoms with Gasteiger partial charge in [-0.1, -0.05) is 48.5 Å². The van der Waals surface area contributed by atoms with Crippen LogP contribution in [0.2, 0.25) is 0 Å². The predicted molar refractivity (Wildman–Crippen MR) is 105 cm³/mol. The van der Waals surface area contributed by atoms with Crippen LogP contribution < -0.4 is 5.32 Å². The van der Waals surface area contributed by atoms with Crippen molar-refractivity contribution >= 4 is 16.8 Å². The van der Waals surface area contributed by atoms with Crippen molar-refractivity contribution in [3.8, 4) is 0 Å². The van der Waals surface area contributed by atoms with Crippen LogP contribution in [0.3, 0.4) is 0 Å². The summed E-state index contributed by atoms with van der Waals surface area (Å²) in [4.78, 5) is 18.4. The number of hydrogen-bond donors (Lipinski definition) is 2. The van der Waals surface area contributed by atoms with Crippen molar-refractivity contribution in [2.45, 2.75) is 25.3 Å². The molecule has 0 radical (unpaired) electrons. The van der Waals surface area contributed by atoms with Crippen molar-refractivity contribution in [2.75, 3.05) is 19.6 Å². The van der Waals surface area contributed by atoms with Gasteiger partial charge in [0.05, 0.1) is 5.56 Å². The van der Waals surface area contributed by atoms with Crippen LogP contribution in [-0.4, -0.2) is 41.5 Å². The number of aromatic nitrogens is 1. The van der Waals surface area contributed by atoms with Crippen LogP contribution in [-0.2, 0) is 6.42 Å². The molecule has 1 aliphatic heterocycles. The molecule has 134 valence electrons. The van der Waals surface area contributed by atoms with E-state index in [1.54, 1.807) is 0 Å². The molecule has 0 aliphatic carbocycles. The molecule has 1 fully saturated rings. The maximum Gasteiger partial charge on any atom is 0.253 e. The molecule has 0 spiro atoms. The summed E-state index contributed by atoms with van der Waals surface area (Å²) in [5, 5.41) is 4.23. The Kier molecular flexibility index (Phi) is 5.02. The van der Waals surface area contributed by atoms with Gasteiger partial charge >= 0.3 is 0 Å². The van der Waals surface area contributed by atoms with E-state index in [1.807, 2.05) is 30.5 Å². The Morgan fingerprint density at radius 2 is 1.92 bits per heavy atom. The second-order valence-corrected chi connectivity index (χ2v) is 7.10. The van der Waals surface area contributed by atoms with Crippen LogP contribution >= 0.6 is 0 Å². The summed E-state index contributed by atoms with van der Waals surface area (Å²) in [5.41, 5.74) is 3.12. The highest BCUT2D eigenvalue weighted by Crippen LogP contribution is 2.18. The lowest BCUT2D eigenvalue weighted by Gasteiger charge is -2.33. The van der Waals surface area contributed by atoms with E-state index in [1.165, 1.54) is 5.56 Å². The molecule has 1 amide bonds. The van der Waals surface area contributed by atoms with Gasteiger partial charge in [-0.3, -0.25) is 4.79 Å². The fourth-order valence-electron chi connectivity index (χ4n) is 3.83. The highest BCUT2D eigenvalue weighted by molar-refractivity contribution is 6.06. The summed E-state index contributed by atoms with van der Waals surface area (Å²) in [6.45, 7) is 3.09. The summed E-state index contributed by atoms with van der Waals surface area (Å²) >= 11 is 0. The predicted octanol–water partition coefficient (Wildman–Crippen LogP) is 3.60. The number of nitrogens with zero attached hydrogens (tertiary/aromatic N) is 1. The van der Waals surface area contributed by atoms with Crippen LogP contribution in [0.4, 0.5) is 0 Å². The summed E-state index contributed by atoms with van der Waals surface area (Å²) in [7, 11) is 0. The van der Waals surface area contributed by atoms with Gasteiger partial charge < -0.3 is 15.2 Å². The second kappa shape index (κ2) is 7.75. The lowest BCUT2D eigenvalue weighted by molar-refractivity contribution is 0.0906. The summed E-state index contributed by atoms with van der Waals surface area (Å²) < 4.78 is 0. The zero-order valence-electron chi connectivity index (χ0n) is 14.9. The molecule has 2 aromatic carbocycles. The second-order valence-electron chi connectivity index (χ2n) is 7.10. The molecule has 1 aromatic heterocycles. The minimum atomic E-state index is 0.0253. The SMILES string of the molecule is O=C(N[C@@H]1CCCN(CCc2ccccc2)C1)c1c[nH]c2ccccc12. The molecule has 1 aliphatic rings. The highest BCUT2D eigenvalue weighted by Gasteiger charge is 2.22. The summed E-state index contributed by atoms with van der Waals surface area (Å²) in [6.07, 6.45) is 5.06. The Morgan fingerprint density at radius 3 is 2.81 bits per heavy atom. The quantitative estimate of drug-likeness (QED) is 0.741. The number of carbonyl (C=O) groups is 1. The Balaban J connectivity index is 1.35. The third-order valence-corrected chi connectivity index (χ3v) is 5.23.